The molecule has 1 aliphatic carbocycles. The lowest BCUT2D eigenvalue weighted by Gasteiger charge is -2.37. The molecule has 0 radical (unpaired) electrons. The maximum Gasteiger partial charge on any atom is 0.0580 e. The van der Waals surface area contributed by atoms with Crippen LogP contribution >= 0.6 is 0 Å². The van der Waals surface area contributed by atoms with Crippen molar-refractivity contribution in [1.82, 2.24) is 15.1 Å². The highest BCUT2D eigenvalue weighted by molar-refractivity contribution is 5.07. The molecule has 1 N–H and O–H groups in total. The Kier molecular flexibility index (Phi) is 4.78. The Hall–Kier alpha value is -0.870. The van der Waals surface area contributed by atoms with Crippen LogP contribution in [0.25, 0.3) is 0 Å². The van der Waals surface area contributed by atoms with Gasteiger partial charge in [0.25, 0.3) is 0 Å². The number of hydrogen-bond acceptors (Lipinski definition) is 3. The lowest BCUT2D eigenvalue weighted by Crippen LogP contribution is -2.34. The van der Waals surface area contributed by atoms with Crippen molar-refractivity contribution in [2.24, 2.45) is 5.92 Å². The highest BCUT2D eigenvalue weighted by Crippen LogP contribution is 2.36. The number of aromatic nitrogens is 2. The van der Waals surface area contributed by atoms with E-state index in [-0.39, 0.29) is 0 Å². The molecule has 1 heterocycles. The SMILES string of the molecule is CCOC1CC(CC(NC)c2ccnn2CC)C1. The van der Waals surface area contributed by atoms with E-state index in [1.54, 1.807) is 0 Å². The van der Waals surface area contributed by atoms with Gasteiger partial charge in [-0.2, -0.15) is 5.10 Å². The lowest BCUT2D eigenvalue weighted by atomic mass is 9.77. The normalized spacial score (nSPS) is 24.8. The Labute approximate surface area is 110 Å². The fraction of sp³-hybridized carbons (Fsp3) is 0.786. The van der Waals surface area contributed by atoms with Gasteiger partial charge in [0.05, 0.1) is 11.8 Å². The second-order valence-corrected chi connectivity index (χ2v) is 5.06. The van der Waals surface area contributed by atoms with Crippen LogP contribution in [0.1, 0.15) is 44.8 Å². The smallest absolute Gasteiger partial charge is 0.0580 e. The molecule has 1 unspecified atom stereocenters. The van der Waals surface area contributed by atoms with Crippen LogP contribution in [0, 0.1) is 5.92 Å². The minimum absolute atomic E-state index is 0.417. The molecule has 1 aromatic rings. The summed E-state index contributed by atoms with van der Waals surface area (Å²) in [5, 5.41) is 7.77. The van der Waals surface area contributed by atoms with Crippen molar-refractivity contribution in [2.45, 2.75) is 51.8 Å². The monoisotopic (exact) mass is 251 g/mol. The first-order valence-electron chi connectivity index (χ1n) is 7.09. The van der Waals surface area contributed by atoms with Crippen LogP contribution < -0.4 is 5.32 Å². The number of nitrogens with one attached hydrogen (secondary N) is 1. The number of hydrogen-bond donors (Lipinski definition) is 1. The summed E-state index contributed by atoms with van der Waals surface area (Å²) in [5.74, 6) is 0.791. The molecule has 2 rings (SSSR count). The van der Waals surface area contributed by atoms with Crippen LogP contribution in [0.2, 0.25) is 0 Å². The quantitative estimate of drug-likeness (QED) is 0.808. The van der Waals surface area contributed by atoms with E-state index in [0.717, 1.165) is 19.1 Å². The molecule has 1 saturated carbocycles. The van der Waals surface area contributed by atoms with E-state index in [9.17, 15) is 0 Å². The van der Waals surface area contributed by atoms with E-state index in [2.05, 4.69) is 35.0 Å². The van der Waals surface area contributed by atoms with E-state index >= 15 is 0 Å². The van der Waals surface area contributed by atoms with Gasteiger partial charge in [-0.15, -0.1) is 0 Å². The number of ether oxygens (including phenoxy) is 1. The van der Waals surface area contributed by atoms with Gasteiger partial charge in [-0.05, 0) is 52.1 Å². The summed E-state index contributed by atoms with van der Waals surface area (Å²) in [6, 6.07) is 2.55. The first-order valence-corrected chi connectivity index (χ1v) is 7.09. The van der Waals surface area contributed by atoms with Gasteiger partial charge in [0.15, 0.2) is 0 Å². The zero-order valence-electron chi connectivity index (χ0n) is 11.7. The fourth-order valence-electron chi connectivity index (χ4n) is 2.86. The predicted molar refractivity (Wildman–Crippen MR) is 72.5 cm³/mol. The summed E-state index contributed by atoms with van der Waals surface area (Å²) in [6.45, 7) is 5.99. The Morgan fingerprint density at radius 2 is 2.28 bits per heavy atom. The summed E-state index contributed by atoms with van der Waals surface area (Å²) >= 11 is 0. The summed E-state index contributed by atoms with van der Waals surface area (Å²) in [6.07, 6.45) is 6.02. The van der Waals surface area contributed by atoms with Crippen molar-refractivity contribution in [1.29, 1.82) is 0 Å². The highest BCUT2D eigenvalue weighted by atomic mass is 16.5. The van der Waals surface area contributed by atoms with Crippen molar-refractivity contribution < 1.29 is 4.74 Å². The molecule has 0 saturated heterocycles. The van der Waals surface area contributed by atoms with Crippen molar-refractivity contribution in [3.05, 3.63) is 18.0 Å². The number of rotatable bonds is 7. The molecule has 0 aliphatic heterocycles. The summed E-state index contributed by atoms with van der Waals surface area (Å²) < 4.78 is 7.70. The third-order valence-electron chi connectivity index (χ3n) is 3.92. The Bertz CT molecular complexity index is 358. The van der Waals surface area contributed by atoms with Gasteiger partial charge in [0.2, 0.25) is 0 Å². The largest absolute Gasteiger partial charge is 0.378 e. The topological polar surface area (TPSA) is 39.1 Å². The van der Waals surface area contributed by atoms with Gasteiger partial charge in [0, 0.05) is 25.4 Å². The average Bonchev–Trinajstić information content (AvgIpc) is 2.80. The van der Waals surface area contributed by atoms with Gasteiger partial charge < -0.3 is 10.1 Å². The molecule has 0 bridgehead atoms. The van der Waals surface area contributed by atoms with Crippen molar-refractivity contribution >= 4 is 0 Å². The first kappa shape index (κ1) is 13.6. The molecule has 1 aromatic heterocycles. The van der Waals surface area contributed by atoms with Crippen LogP contribution in [-0.4, -0.2) is 29.5 Å². The van der Waals surface area contributed by atoms with Crippen LogP contribution in [-0.2, 0) is 11.3 Å². The standard InChI is InChI=1S/C14H25N3O/c1-4-17-14(6-7-16-17)13(15-3)10-11-8-12(9-11)18-5-2/h6-7,11-13,15H,4-5,8-10H2,1-3H3. The van der Waals surface area contributed by atoms with Crippen LogP contribution in [0.5, 0.6) is 0 Å². The Morgan fingerprint density at radius 1 is 1.50 bits per heavy atom. The Balaban J connectivity index is 1.87. The molecule has 18 heavy (non-hydrogen) atoms. The third kappa shape index (κ3) is 2.93. The number of aryl methyl sites for hydroxylation is 1. The van der Waals surface area contributed by atoms with E-state index in [1.807, 2.05) is 13.2 Å². The van der Waals surface area contributed by atoms with Gasteiger partial charge in [-0.25, -0.2) is 0 Å². The van der Waals surface area contributed by atoms with Gasteiger partial charge >= 0.3 is 0 Å². The molecule has 0 aromatic carbocycles. The van der Waals surface area contributed by atoms with Gasteiger partial charge in [0.1, 0.15) is 0 Å². The Morgan fingerprint density at radius 3 is 2.89 bits per heavy atom. The summed E-state index contributed by atoms with van der Waals surface area (Å²) in [7, 11) is 2.04. The lowest BCUT2D eigenvalue weighted by molar-refractivity contribution is -0.0291. The molecule has 4 nitrogen and oxygen atoms in total. The molecule has 0 spiro atoms. The molecular weight excluding hydrogens is 226 g/mol. The van der Waals surface area contributed by atoms with Crippen molar-refractivity contribution in [3.63, 3.8) is 0 Å². The molecule has 1 atom stereocenters. The van der Waals surface area contributed by atoms with E-state index in [0.29, 0.717) is 12.1 Å². The van der Waals surface area contributed by atoms with Crippen LogP contribution in [0.3, 0.4) is 0 Å². The maximum atomic E-state index is 5.62. The minimum Gasteiger partial charge on any atom is -0.378 e. The summed E-state index contributed by atoms with van der Waals surface area (Å²) in [5.41, 5.74) is 1.31. The van der Waals surface area contributed by atoms with Gasteiger partial charge in [-0.1, -0.05) is 0 Å². The number of nitrogens with zero attached hydrogens (tertiary/aromatic N) is 2. The minimum atomic E-state index is 0.417. The average molecular weight is 251 g/mol. The first-order chi connectivity index (χ1) is 8.78. The van der Waals surface area contributed by atoms with Gasteiger partial charge in [-0.3, -0.25) is 4.68 Å². The second kappa shape index (κ2) is 6.34. The molecule has 1 aliphatic rings. The molecule has 4 heteroatoms. The molecule has 102 valence electrons. The molecule has 1 fully saturated rings. The second-order valence-electron chi connectivity index (χ2n) is 5.06. The highest BCUT2D eigenvalue weighted by Gasteiger charge is 2.32. The van der Waals surface area contributed by atoms with E-state index < -0.39 is 0 Å². The van der Waals surface area contributed by atoms with E-state index in [4.69, 9.17) is 4.74 Å². The molecular formula is C14H25N3O. The maximum absolute atomic E-state index is 5.62. The third-order valence-corrected chi connectivity index (χ3v) is 3.92. The van der Waals surface area contributed by atoms with Crippen molar-refractivity contribution in [3.8, 4) is 0 Å². The van der Waals surface area contributed by atoms with E-state index in [1.165, 1.54) is 25.0 Å². The predicted octanol–water partition coefficient (Wildman–Crippen LogP) is 2.37. The molecule has 0 amide bonds. The van der Waals surface area contributed by atoms with Crippen LogP contribution in [0.4, 0.5) is 0 Å². The van der Waals surface area contributed by atoms with Crippen molar-refractivity contribution in [2.75, 3.05) is 13.7 Å². The van der Waals surface area contributed by atoms with Crippen LogP contribution in [0.15, 0.2) is 12.3 Å². The zero-order valence-corrected chi connectivity index (χ0v) is 11.7. The fourth-order valence-corrected chi connectivity index (χ4v) is 2.86. The summed E-state index contributed by atoms with van der Waals surface area (Å²) in [4.78, 5) is 0. The zero-order chi connectivity index (χ0) is 13.0.